The van der Waals surface area contributed by atoms with Crippen LogP contribution in [0.25, 0.3) is 0 Å². The molecule has 0 amide bonds. The van der Waals surface area contributed by atoms with Crippen LogP contribution in [-0.2, 0) is 6.42 Å². The lowest BCUT2D eigenvalue weighted by Gasteiger charge is -2.30. The number of hydrogen-bond donors (Lipinski definition) is 1. The monoisotopic (exact) mass is 271 g/mol. The summed E-state index contributed by atoms with van der Waals surface area (Å²) in [6.45, 7) is 0. The summed E-state index contributed by atoms with van der Waals surface area (Å²) in [5.74, 6) is 0. The summed E-state index contributed by atoms with van der Waals surface area (Å²) in [7, 11) is 0. The molecule has 1 aromatic heterocycles. The van der Waals surface area contributed by atoms with Crippen molar-refractivity contribution < 1.29 is 0 Å². The van der Waals surface area contributed by atoms with E-state index >= 15 is 0 Å². The van der Waals surface area contributed by atoms with Crippen LogP contribution in [0.2, 0.25) is 0 Å². The zero-order valence-corrected chi connectivity index (χ0v) is 10.4. The summed E-state index contributed by atoms with van der Waals surface area (Å²) < 4.78 is 1.23. The van der Waals surface area contributed by atoms with Gasteiger partial charge >= 0.3 is 0 Å². The topological polar surface area (TPSA) is 26.0 Å². The molecule has 1 aliphatic carbocycles. The summed E-state index contributed by atoms with van der Waals surface area (Å²) in [4.78, 5) is 0. The van der Waals surface area contributed by atoms with Crippen molar-refractivity contribution in [1.82, 2.24) is 0 Å². The Hall–Kier alpha value is -0.120. The molecule has 0 saturated carbocycles. The lowest BCUT2D eigenvalue weighted by molar-refractivity contribution is 0.385. The minimum Gasteiger partial charge on any atom is -0.325 e. The zero-order chi connectivity index (χ0) is 10.0. The van der Waals surface area contributed by atoms with Crippen molar-refractivity contribution in [2.45, 2.75) is 31.2 Å². The van der Waals surface area contributed by atoms with Crippen molar-refractivity contribution in [3.8, 4) is 0 Å². The van der Waals surface area contributed by atoms with Crippen LogP contribution in [0.5, 0.6) is 0 Å². The fraction of sp³-hybridized carbons (Fsp3) is 0.455. The van der Waals surface area contributed by atoms with E-state index in [1.54, 1.807) is 11.3 Å². The molecule has 0 aromatic carbocycles. The van der Waals surface area contributed by atoms with Crippen LogP contribution in [0.1, 0.15) is 24.8 Å². The number of rotatable bonds is 2. The lowest BCUT2D eigenvalue weighted by Crippen LogP contribution is -2.42. The van der Waals surface area contributed by atoms with E-state index in [0.29, 0.717) is 0 Å². The zero-order valence-electron chi connectivity index (χ0n) is 8.00. The molecule has 2 N–H and O–H groups in total. The average Bonchev–Trinajstić information content (AvgIpc) is 2.52. The van der Waals surface area contributed by atoms with Crippen LogP contribution in [0.4, 0.5) is 0 Å². The normalized spacial score (nSPS) is 26.7. The molecule has 1 nitrogen and oxygen atoms in total. The SMILES string of the molecule is NC1(Cc2ccsc2Br)CC=CCC1. The van der Waals surface area contributed by atoms with Crippen molar-refractivity contribution in [2.24, 2.45) is 5.73 Å². The van der Waals surface area contributed by atoms with Gasteiger partial charge in [-0.3, -0.25) is 0 Å². The van der Waals surface area contributed by atoms with E-state index in [2.05, 4.69) is 39.5 Å². The van der Waals surface area contributed by atoms with Gasteiger partial charge in [-0.25, -0.2) is 0 Å². The highest BCUT2D eigenvalue weighted by Crippen LogP contribution is 2.30. The second-order valence-corrected chi connectivity index (χ2v) is 6.21. The Balaban J connectivity index is 2.10. The van der Waals surface area contributed by atoms with Crippen LogP contribution < -0.4 is 5.73 Å². The minimum atomic E-state index is -0.0155. The molecule has 1 aliphatic rings. The summed E-state index contributed by atoms with van der Waals surface area (Å²) in [5.41, 5.74) is 7.69. The first kappa shape index (κ1) is 10.4. The van der Waals surface area contributed by atoms with Gasteiger partial charge in [0.2, 0.25) is 0 Å². The highest BCUT2D eigenvalue weighted by atomic mass is 79.9. The second-order valence-electron chi connectivity index (χ2n) is 3.97. The number of hydrogen-bond acceptors (Lipinski definition) is 2. The standard InChI is InChI=1S/C11H14BrNS/c12-10-9(4-7-14-10)8-11(13)5-2-1-3-6-11/h1-2,4,7H,3,5-6,8,13H2. The van der Waals surface area contributed by atoms with Gasteiger partial charge < -0.3 is 5.73 Å². The molecular formula is C11H14BrNS. The fourth-order valence-corrected chi connectivity index (χ4v) is 3.13. The molecule has 1 heterocycles. The summed E-state index contributed by atoms with van der Waals surface area (Å²) in [5, 5.41) is 2.11. The van der Waals surface area contributed by atoms with Gasteiger partial charge in [-0.05, 0) is 58.6 Å². The maximum atomic E-state index is 6.35. The molecule has 1 unspecified atom stereocenters. The first-order valence-electron chi connectivity index (χ1n) is 4.85. The van der Waals surface area contributed by atoms with Gasteiger partial charge in [-0.2, -0.15) is 0 Å². The molecule has 3 heteroatoms. The van der Waals surface area contributed by atoms with Gasteiger partial charge in [0.1, 0.15) is 0 Å². The van der Waals surface area contributed by atoms with E-state index < -0.39 is 0 Å². The van der Waals surface area contributed by atoms with Crippen molar-refractivity contribution >= 4 is 27.3 Å². The Morgan fingerprint density at radius 3 is 2.93 bits per heavy atom. The summed E-state index contributed by atoms with van der Waals surface area (Å²) in [6.07, 6.45) is 8.66. The van der Waals surface area contributed by atoms with Crippen LogP contribution >= 0.6 is 27.3 Å². The molecule has 0 fully saturated rings. The predicted octanol–water partition coefficient (Wildman–Crippen LogP) is 3.49. The van der Waals surface area contributed by atoms with Crippen molar-refractivity contribution in [3.05, 3.63) is 32.9 Å². The highest BCUT2D eigenvalue weighted by molar-refractivity contribution is 9.11. The maximum absolute atomic E-state index is 6.35. The molecular weight excluding hydrogens is 258 g/mol. The molecule has 2 rings (SSSR count). The molecule has 14 heavy (non-hydrogen) atoms. The third-order valence-corrected chi connectivity index (χ3v) is 4.55. The highest BCUT2D eigenvalue weighted by Gasteiger charge is 2.26. The predicted molar refractivity (Wildman–Crippen MR) is 65.6 cm³/mol. The van der Waals surface area contributed by atoms with Crippen LogP contribution in [0.3, 0.4) is 0 Å². The number of halogens is 1. The minimum absolute atomic E-state index is 0.0155. The van der Waals surface area contributed by atoms with Crippen molar-refractivity contribution in [3.63, 3.8) is 0 Å². The average molecular weight is 272 g/mol. The van der Waals surface area contributed by atoms with Gasteiger partial charge in [0.15, 0.2) is 0 Å². The molecule has 1 atom stereocenters. The van der Waals surface area contributed by atoms with E-state index in [1.165, 1.54) is 9.35 Å². The third kappa shape index (κ3) is 2.27. The van der Waals surface area contributed by atoms with E-state index in [-0.39, 0.29) is 5.54 Å². The molecule has 0 spiro atoms. The molecule has 0 aliphatic heterocycles. The van der Waals surface area contributed by atoms with E-state index in [1.807, 2.05) is 0 Å². The summed E-state index contributed by atoms with van der Waals surface area (Å²) >= 11 is 5.30. The van der Waals surface area contributed by atoms with E-state index in [4.69, 9.17) is 5.73 Å². The Morgan fingerprint density at radius 1 is 1.50 bits per heavy atom. The first-order chi connectivity index (χ1) is 6.70. The third-order valence-electron chi connectivity index (χ3n) is 2.74. The Morgan fingerprint density at radius 2 is 2.36 bits per heavy atom. The lowest BCUT2D eigenvalue weighted by atomic mass is 9.82. The Labute approximate surface area is 97.1 Å². The smallest absolute Gasteiger partial charge is 0.0731 e. The Kier molecular flexibility index (Phi) is 3.10. The second kappa shape index (κ2) is 4.17. The fourth-order valence-electron chi connectivity index (χ4n) is 1.89. The Bertz CT molecular complexity index is 345. The first-order valence-corrected chi connectivity index (χ1v) is 6.53. The maximum Gasteiger partial charge on any atom is 0.0731 e. The molecule has 1 aromatic rings. The van der Waals surface area contributed by atoms with Crippen molar-refractivity contribution in [2.75, 3.05) is 0 Å². The van der Waals surface area contributed by atoms with E-state index in [9.17, 15) is 0 Å². The van der Waals surface area contributed by atoms with Crippen LogP contribution in [0.15, 0.2) is 27.4 Å². The molecule has 0 bridgehead atoms. The molecule has 0 saturated heterocycles. The summed E-state index contributed by atoms with van der Waals surface area (Å²) in [6, 6.07) is 2.17. The van der Waals surface area contributed by atoms with Gasteiger partial charge in [0.25, 0.3) is 0 Å². The largest absolute Gasteiger partial charge is 0.325 e. The van der Waals surface area contributed by atoms with Crippen molar-refractivity contribution in [1.29, 1.82) is 0 Å². The number of thiophene rings is 1. The quantitative estimate of drug-likeness (QED) is 0.819. The number of allylic oxidation sites excluding steroid dienone is 1. The van der Waals surface area contributed by atoms with Crippen LogP contribution in [0, 0.1) is 0 Å². The van der Waals surface area contributed by atoms with Gasteiger partial charge in [-0.15, -0.1) is 11.3 Å². The van der Waals surface area contributed by atoms with Gasteiger partial charge in [-0.1, -0.05) is 12.2 Å². The molecule has 76 valence electrons. The van der Waals surface area contributed by atoms with Gasteiger partial charge in [0, 0.05) is 5.54 Å². The van der Waals surface area contributed by atoms with Gasteiger partial charge in [0.05, 0.1) is 3.79 Å². The number of nitrogens with two attached hydrogens (primary N) is 1. The van der Waals surface area contributed by atoms with Crippen LogP contribution in [-0.4, -0.2) is 5.54 Å². The van der Waals surface area contributed by atoms with E-state index in [0.717, 1.165) is 25.7 Å². The molecule has 0 radical (unpaired) electrons.